The molecule has 0 N–H and O–H groups in total. The second-order valence-electron chi connectivity index (χ2n) is 4.37. The number of halogens is 2. The van der Waals surface area contributed by atoms with Crippen molar-refractivity contribution in [3.63, 3.8) is 0 Å². The van der Waals surface area contributed by atoms with E-state index in [-0.39, 0.29) is 5.78 Å². The van der Waals surface area contributed by atoms with Crippen molar-refractivity contribution in [1.29, 1.82) is 0 Å². The van der Waals surface area contributed by atoms with Crippen molar-refractivity contribution >= 4 is 46.4 Å². The molecule has 3 rings (SSSR count). The number of hydrogen-bond acceptors (Lipinski definition) is 4. The van der Waals surface area contributed by atoms with Crippen LogP contribution in [-0.2, 0) is 0 Å². The molecule has 0 spiro atoms. The summed E-state index contributed by atoms with van der Waals surface area (Å²) in [5.74, 6) is -0.173. The lowest BCUT2D eigenvalue weighted by Crippen LogP contribution is -1.94. The summed E-state index contributed by atoms with van der Waals surface area (Å²) in [7, 11) is 0. The fourth-order valence-electron chi connectivity index (χ4n) is 1.85. The molecule has 0 radical (unpaired) electrons. The Hall–Kier alpha value is -1.95. The normalized spacial score (nSPS) is 11.2. The van der Waals surface area contributed by atoms with Crippen molar-refractivity contribution in [2.24, 2.45) is 0 Å². The zero-order chi connectivity index (χ0) is 15.5. The molecule has 0 atom stereocenters. The van der Waals surface area contributed by atoms with Gasteiger partial charge in [-0.25, -0.2) is 9.67 Å². The number of aromatic nitrogens is 3. The first-order valence-electron chi connectivity index (χ1n) is 6.26. The lowest BCUT2D eigenvalue weighted by atomic mass is 10.1. The largest absolute Gasteiger partial charge is 0.289 e. The molecule has 0 amide bonds. The first-order chi connectivity index (χ1) is 10.6. The number of carbonyl (C=O) groups excluding carboxylic acids is 1. The van der Waals surface area contributed by atoms with Crippen LogP contribution in [0.1, 0.15) is 15.9 Å². The van der Waals surface area contributed by atoms with Crippen LogP contribution in [0.25, 0.3) is 11.8 Å². The van der Waals surface area contributed by atoms with Crippen LogP contribution in [0.2, 0.25) is 8.67 Å². The Bertz CT molecular complexity index is 823. The number of hydrogen-bond donors (Lipinski definition) is 0. The summed E-state index contributed by atoms with van der Waals surface area (Å²) in [5, 5.41) is 4.05. The molecule has 0 bridgehead atoms. The van der Waals surface area contributed by atoms with Crippen LogP contribution in [0.3, 0.4) is 0 Å². The van der Waals surface area contributed by atoms with Gasteiger partial charge in [0.2, 0.25) is 0 Å². The second-order valence-corrected chi connectivity index (χ2v) is 6.65. The molecular formula is C15H9Cl2N3OS. The topological polar surface area (TPSA) is 47.8 Å². The van der Waals surface area contributed by atoms with Gasteiger partial charge in [0.15, 0.2) is 5.78 Å². The fraction of sp³-hybridized carbons (Fsp3) is 0. The maximum Gasteiger partial charge on any atom is 0.188 e. The average molecular weight is 350 g/mol. The summed E-state index contributed by atoms with van der Waals surface area (Å²) < 4.78 is 2.56. The maximum absolute atomic E-state index is 12.1. The highest BCUT2D eigenvalue weighted by Gasteiger charge is 2.11. The molecule has 0 fully saturated rings. The van der Waals surface area contributed by atoms with Gasteiger partial charge in [0.1, 0.15) is 17.0 Å². The van der Waals surface area contributed by atoms with Crippen molar-refractivity contribution < 1.29 is 4.79 Å². The highest BCUT2D eigenvalue weighted by molar-refractivity contribution is 7.20. The van der Waals surface area contributed by atoms with E-state index in [0.29, 0.717) is 14.2 Å². The van der Waals surface area contributed by atoms with Gasteiger partial charge in [-0.15, -0.1) is 11.3 Å². The Kier molecular flexibility index (Phi) is 4.38. The first kappa shape index (κ1) is 15.0. The molecule has 0 aliphatic carbocycles. The highest BCUT2D eigenvalue weighted by Crippen LogP contribution is 2.31. The quantitative estimate of drug-likeness (QED) is 0.513. The molecule has 0 unspecified atom stereocenters. The third kappa shape index (κ3) is 3.27. The Morgan fingerprint density at radius 2 is 2.00 bits per heavy atom. The lowest BCUT2D eigenvalue weighted by molar-refractivity contribution is 0.104. The minimum absolute atomic E-state index is 0.173. The predicted octanol–water partition coefficient (Wildman–Crippen LogP) is 4.53. The number of nitrogens with zero attached hydrogens (tertiary/aromatic N) is 3. The van der Waals surface area contributed by atoms with Crippen LogP contribution in [0.5, 0.6) is 0 Å². The zero-order valence-corrected chi connectivity index (χ0v) is 13.4. The van der Waals surface area contributed by atoms with Crippen LogP contribution in [0.4, 0.5) is 0 Å². The molecule has 0 aliphatic heterocycles. The average Bonchev–Trinajstić information content (AvgIpc) is 3.15. The van der Waals surface area contributed by atoms with Gasteiger partial charge < -0.3 is 0 Å². The number of allylic oxidation sites excluding steroid dienone is 1. The molecule has 4 nitrogen and oxygen atoms in total. The summed E-state index contributed by atoms with van der Waals surface area (Å²) >= 11 is 13.0. The number of benzene rings is 1. The highest BCUT2D eigenvalue weighted by atomic mass is 35.5. The standard InChI is InChI=1S/C15H9Cl2N3OS/c16-14-7-12(15(17)22-14)13(21)6-3-10-1-4-11(5-2-10)20-9-18-8-19-20/h1-9H. The molecule has 0 saturated carbocycles. The van der Waals surface area contributed by atoms with E-state index in [9.17, 15) is 4.79 Å². The van der Waals surface area contributed by atoms with Gasteiger partial charge in [-0.3, -0.25) is 4.79 Å². The van der Waals surface area contributed by atoms with Gasteiger partial charge in [-0.2, -0.15) is 5.10 Å². The van der Waals surface area contributed by atoms with Crippen molar-refractivity contribution in [2.75, 3.05) is 0 Å². The molecular weight excluding hydrogens is 341 g/mol. The van der Waals surface area contributed by atoms with E-state index in [2.05, 4.69) is 10.1 Å². The Morgan fingerprint density at radius 3 is 2.59 bits per heavy atom. The van der Waals surface area contributed by atoms with Crippen molar-refractivity contribution in [3.8, 4) is 5.69 Å². The second kappa shape index (κ2) is 6.44. The number of ketones is 1. The van der Waals surface area contributed by atoms with E-state index in [4.69, 9.17) is 23.2 Å². The van der Waals surface area contributed by atoms with Gasteiger partial charge >= 0.3 is 0 Å². The predicted molar refractivity (Wildman–Crippen MR) is 89.1 cm³/mol. The van der Waals surface area contributed by atoms with Gasteiger partial charge in [-0.1, -0.05) is 41.4 Å². The van der Waals surface area contributed by atoms with Crippen molar-refractivity contribution in [3.05, 3.63) is 68.9 Å². The van der Waals surface area contributed by atoms with Crippen molar-refractivity contribution in [1.82, 2.24) is 14.8 Å². The molecule has 2 heterocycles. The SMILES string of the molecule is O=C(C=Cc1ccc(-n2cncn2)cc1)c1cc(Cl)sc1Cl. The lowest BCUT2D eigenvalue weighted by Gasteiger charge is -2.00. The third-order valence-corrected chi connectivity index (χ3v) is 4.41. The van der Waals surface area contributed by atoms with Crippen LogP contribution in [0, 0.1) is 0 Å². The molecule has 0 aliphatic rings. The Labute approximate surface area is 140 Å². The van der Waals surface area contributed by atoms with E-state index in [1.54, 1.807) is 23.2 Å². The number of carbonyl (C=O) groups is 1. The Morgan fingerprint density at radius 1 is 1.23 bits per heavy atom. The molecule has 1 aromatic carbocycles. The van der Waals surface area contributed by atoms with E-state index in [0.717, 1.165) is 11.3 Å². The van der Waals surface area contributed by atoms with Crippen LogP contribution in [0.15, 0.2) is 49.1 Å². The molecule has 7 heteroatoms. The van der Waals surface area contributed by atoms with E-state index < -0.39 is 0 Å². The summed E-state index contributed by atoms with van der Waals surface area (Å²) in [6.45, 7) is 0. The van der Waals surface area contributed by atoms with Crippen molar-refractivity contribution in [2.45, 2.75) is 0 Å². The van der Waals surface area contributed by atoms with E-state index in [1.807, 2.05) is 24.3 Å². The first-order valence-corrected chi connectivity index (χ1v) is 7.83. The molecule has 0 saturated heterocycles. The maximum atomic E-state index is 12.1. The summed E-state index contributed by atoms with van der Waals surface area (Å²) in [6, 6.07) is 9.15. The Balaban J connectivity index is 1.75. The number of rotatable bonds is 4. The molecule has 22 heavy (non-hydrogen) atoms. The minimum Gasteiger partial charge on any atom is -0.289 e. The van der Waals surface area contributed by atoms with E-state index in [1.165, 1.54) is 23.7 Å². The minimum atomic E-state index is -0.173. The summed E-state index contributed by atoms with van der Waals surface area (Å²) in [5.41, 5.74) is 2.22. The van der Waals surface area contributed by atoms with Gasteiger partial charge in [0.25, 0.3) is 0 Å². The smallest absolute Gasteiger partial charge is 0.188 e. The van der Waals surface area contributed by atoms with E-state index >= 15 is 0 Å². The molecule has 3 aromatic rings. The third-order valence-electron chi connectivity index (χ3n) is 2.93. The summed E-state index contributed by atoms with van der Waals surface area (Å²) in [4.78, 5) is 16.0. The van der Waals surface area contributed by atoms with Gasteiger partial charge in [0, 0.05) is 0 Å². The van der Waals surface area contributed by atoms with Gasteiger partial charge in [0.05, 0.1) is 15.6 Å². The monoisotopic (exact) mass is 349 g/mol. The summed E-state index contributed by atoms with van der Waals surface area (Å²) in [6.07, 6.45) is 6.31. The zero-order valence-electron chi connectivity index (χ0n) is 11.1. The molecule has 110 valence electrons. The fourth-order valence-corrected chi connectivity index (χ4v) is 3.32. The number of thiophene rings is 1. The van der Waals surface area contributed by atoms with Crippen LogP contribution < -0.4 is 0 Å². The van der Waals surface area contributed by atoms with Crippen LogP contribution in [-0.4, -0.2) is 20.5 Å². The molecule has 2 aromatic heterocycles. The van der Waals surface area contributed by atoms with Crippen LogP contribution >= 0.6 is 34.5 Å². The van der Waals surface area contributed by atoms with Gasteiger partial charge in [-0.05, 0) is 29.8 Å².